The summed E-state index contributed by atoms with van der Waals surface area (Å²) in [5, 5.41) is 0. The Balaban J connectivity index is 2.84. The van der Waals surface area contributed by atoms with Crippen molar-refractivity contribution >= 4 is 5.78 Å². The van der Waals surface area contributed by atoms with Gasteiger partial charge >= 0.3 is 0 Å². The molecule has 1 aromatic carbocycles. The average molecular weight is 192 g/mol. The molecule has 0 spiro atoms. The van der Waals surface area contributed by atoms with Crippen LogP contribution in [-0.4, -0.2) is 19.0 Å². The number of carbonyl (C=O) groups is 1. The molecule has 0 aliphatic rings. The molecule has 0 saturated heterocycles. The van der Waals surface area contributed by atoms with Crippen molar-refractivity contribution in [3.05, 3.63) is 34.9 Å². The van der Waals surface area contributed by atoms with Crippen molar-refractivity contribution in [1.29, 1.82) is 0 Å². The average Bonchev–Trinajstić information content (AvgIpc) is 2.18. The molecule has 0 aliphatic heterocycles. The van der Waals surface area contributed by atoms with Gasteiger partial charge in [0.25, 0.3) is 0 Å². The van der Waals surface area contributed by atoms with E-state index >= 15 is 0 Å². The van der Waals surface area contributed by atoms with Gasteiger partial charge in [0.2, 0.25) is 0 Å². The highest BCUT2D eigenvalue weighted by Crippen LogP contribution is 2.13. The fraction of sp³-hybridized carbons (Fsp3) is 0.417. The quantitative estimate of drug-likeness (QED) is 0.685. The van der Waals surface area contributed by atoms with Crippen LogP contribution in [0.25, 0.3) is 0 Å². The Morgan fingerprint density at radius 1 is 1.36 bits per heavy atom. The SMILES string of the molecule is CCOCC(=O)c1cccc(C)c1C. The fourth-order valence-electron chi connectivity index (χ4n) is 1.33. The van der Waals surface area contributed by atoms with Crippen molar-refractivity contribution in [2.45, 2.75) is 20.8 Å². The van der Waals surface area contributed by atoms with Crippen molar-refractivity contribution in [1.82, 2.24) is 0 Å². The molecule has 0 atom stereocenters. The Morgan fingerprint density at radius 3 is 2.71 bits per heavy atom. The van der Waals surface area contributed by atoms with Crippen molar-refractivity contribution in [2.24, 2.45) is 0 Å². The summed E-state index contributed by atoms with van der Waals surface area (Å²) >= 11 is 0. The van der Waals surface area contributed by atoms with Crippen LogP contribution in [0.2, 0.25) is 0 Å². The van der Waals surface area contributed by atoms with E-state index in [4.69, 9.17) is 4.74 Å². The predicted molar refractivity (Wildman–Crippen MR) is 56.7 cm³/mol. The number of aryl methyl sites for hydroxylation is 1. The lowest BCUT2D eigenvalue weighted by molar-refractivity contribution is 0.0782. The molecule has 14 heavy (non-hydrogen) atoms. The Hall–Kier alpha value is -1.15. The molecule has 0 unspecified atom stereocenters. The minimum Gasteiger partial charge on any atom is -0.374 e. The zero-order valence-corrected chi connectivity index (χ0v) is 8.96. The number of carbonyl (C=O) groups excluding carboxylic acids is 1. The monoisotopic (exact) mass is 192 g/mol. The Morgan fingerprint density at radius 2 is 2.07 bits per heavy atom. The summed E-state index contributed by atoms with van der Waals surface area (Å²) in [7, 11) is 0. The number of benzene rings is 1. The first kappa shape index (κ1) is 10.9. The van der Waals surface area contributed by atoms with E-state index in [0.29, 0.717) is 6.61 Å². The summed E-state index contributed by atoms with van der Waals surface area (Å²) < 4.78 is 5.10. The second kappa shape index (κ2) is 4.91. The van der Waals surface area contributed by atoms with E-state index in [1.807, 2.05) is 39.0 Å². The van der Waals surface area contributed by atoms with Crippen LogP contribution >= 0.6 is 0 Å². The standard InChI is InChI=1S/C12H16O2/c1-4-14-8-12(13)11-7-5-6-9(2)10(11)3/h5-7H,4,8H2,1-3H3. The van der Waals surface area contributed by atoms with E-state index in [0.717, 1.165) is 16.7 Å². The number of Topliss-reactive ketones (excluding diaryl/α,β-unsaturated/α-hetero) is 1. The number of rotatable bonds is 4. The fourth-order valence-corrected chi connectivity index (χ4v) is 1.33. The van der Waals surface area contributed by atoms with Crippen molar-refractivity contribution in [3.63, 3.8) is 0 Å². The van der Waals surface area contributed by atoms with Gasteiger partial charge in [-0.3, -0.25) is 4.79 Å². The van der Waals surface area contributed by atoms with Gasteiger partial charge in [-0.15, -0.1) is 0 Å². The summed E-state index contributed by atoms with van der Waals surface area (Å²) in [6.07, 6.45) is 0. The van der Waals surface area contributed by atoms with Crippen LogP contribution in [0.1, 0.15) is 28.4 Å². The molecular weight excluding hydrogens is 176 g/mol. The van der Waals surface area contributed by atoms with Gasteiger partial charge in [-0.2, -0.15) is 0 Å². The molecule has 2 nitrogen and oxygen atoms in total. The van der Waals surface area contributed by atoms with Gasteiger partial charge in [-0.1, -0.05) is 18.2 Å². The van der Waals surface area contributed by atoms with Gasteiger partial charge in [0.15, 0.2) is 5.78 Å². The van der Waals surface area contributed by atoms with Crippen LogP contribution < -0.4 is 0 Å². The second-order valence-corrected chi connectivity index (χ2v) is 3.31. The lowest BCUT2D eigenvalue weighted by Crippen LogP contribution is -2.10. The molecule has 0 saturated carbocycles. The topological polar surface area (TPSA) is 26.3 Å². The second-order valence-electron chi connectivity index (χ2n) is 3.31. The van der Waals surface area contributed by atoms with Gasteiger partial charge < -0.3 is 4.74 Å². The van der Waals surface area contributed by atoms with Gasteiger partial charge in [0, 0.05) is 12.2 Å². The number of hydrogen-bond donors (Lipinski definition) is 0. The maximum atomic E-state index is 11.7. The molecule has 2 heteroatoms. The highest BCUT2D eigenvalue weighted by Gasteiger charge is 2.09. The summed E-state index contributed by atoms with van der Waals surface area (Å²) in [6.45, 7) is 6.62. The first-order chi connectivity index (χ1) is 6.66. The first-order valence-corrected chi connectivity index (χ1v) is 4.84. The third-order valence-electron chi connectivity index (χ3n) is 2.34. The smallest absolute Gasteiger partial charge is 0.188 e. The molecule has 0 amide bonds. The maximum absolute atomic E-state index is 11.7. The summed E-state index contributed by atoms with van der Waals surface area (Å²) in [5.41, 5.74) is 2.98. The zero-order chi connectivity index (χ0) is 10.6. The number of ketones is 1. The molecule has 1 rings (SSSR count). The Bertz CT molecular complexity index is 329. The molecule has 0 N–H and O–H groups in total. The molecule has 0 fully saturated rings. The lowest BCUT2D eigenvalue weighted by Gasteiger charge is -2.07. The molecule has 0 aromatic heterocycles. The third-order valence-corrected chi connectivity index (χ3v) is 2.34. The lowest BCUT2D eigenvalue weighted by atomic mass is 10.0. The number of ether oxygens (including phenoxy) is 1. The van der Waals surface area contributed by atoms with Crippen LogP contribution in [0.5, 0.6) is 0 Å². The van der Waals surface area contributed by atoms with Crippen LogP contribution in [-0.2, 0) is 4.74 Å². The Labute approximate surface area is 84.9 Å². The molecule has 1 aromatic rings. The van der Waals surface area contributed by atoms with Gasteiger partial charge in [-0.25, -0.2) is 0 Å². The summed E-state index contributed by atoms with van der Waals surface area (Å²) in [4.78, 5) is 11.7. The molecular formula is C12H16O2. The predicted octanol–water partition coefficient (Wildman–Crippen LogP) is 2.52. The van der Waals surface area contributed by atoms with Gasteiger partial charge in [-0.05, 0) is 31.9 Å². The van der Waals surface area contributed by atoms with Crippen LogP contribution in [0.15, 0.2) is 18.2 Å². The van der Waals surface area contributed by atoms with Crippen molar-refractivity contribution in [3.8, 4) is 0 Å². The summed E-state index contributed by atoms with van der Waals surface area (Å²) in [5.74, 6) is 0.0630. The van der Waals surface area contributed by atoms with Crippen LogP contribution in [0.4, 0.5) is 0 Å². The molecule has 76 valence electrons. The highest BCUT2D eigenvalue weighted by atomic mass is 16.5. The minimum absolute atomic E-state index is 0.0630. The van der Waals surface area contributed by atoms with Crippen molar-refractivity contribution < 1.29 is 9.53 Å². The van der Waals surface area contributed by atoms with E-state index in [-0.39, 0.29) is 12.4 Å². The molecule has 0 heterocycles. The van der Waals surface area contributed by atoms with Crippen LogP contribution in [0, 0.1) is 13.8 Å². The highest BCUT2D eigenvalue weighted by molar-refractivity contribution is 5.98. The van der Waals surface area contributed by atoms with E-state index in [1.54, 1.807) is 0 Å². The summed E-state index contributed by atoms with van der Waals surface area (Å²) in [6, 6.07) is 5.76. The maximum Gasteiger partial charge on any atom is 0.188 e. The van der Waals surface area contributed by atoms with Gasteiger partial charge in [0.05, 0.1) is 0 Å². The van der Waals surface area contributed by atoms with E-state index in [9.17, 15) is 4.79 Å². The first-order valence-electron chi connectivity index (χ1n) is 4.84. The van der Waals surface area contributed by atoms with E-state index < -0.39 is 0 Å². The normalized spacial score (nSPS) is 10.2. The Kier molecular flexibility index (Phi) is 3.84. The molecule has 0 aliphatic carbocycles. The number of hydrogen-bond acceptors (Lipinski definition) is 2. The third kappa shape index (κ3) is 2.42. The van der Waals surface area contributed by atoms with Crippen LogP contribution in [0.3, 0.4) is 0 Å². The van der Waals surface area contributed by atoms with Crippen molar-refractivity contribution in [2.75, 3.05) is 13.2 Å². The molecule has 0 radical (unpaired) electrons. The largest absolute Gasteiger partial charge is 0.374 e. The molecule has 0 bridgehead atoms. The zero-order valence-electron chi connectivity index (χ0n) is 8.96. The van der Waals surface area contributed by atoms with E-state index in [1.165, 1.54) is 0 Å². The van der Waals surface area contributed by atoms with E-state index in [2.05, 4.69) is 0 Å². The van der Waals surface area contributed by atoms with Gasteiger partial charge in [0.1, 0.15) is 6.61 Å². The minimum atomic E-state index is 0.0630.